The van der Waals surface area contributed by atoms with Crippen molar-refractivity contribution in [2.24, 2.45) is 0 Å². The zero-order valence-electron chi connectivity index (χ0n) is 12.2. The van der Waals surface area contributed by atoms with E-state index in [2.05, 4.69) is 10.2 Å². The Morgan fingerprint density at radius 2 is 2.00 bits per heavy atom. The van der Waals surface area contributed by atoms with Crippen LogP contribution in [0.1, 0.15) is 13.8 Å². The van der Waals surface area contributed by atoms with Crippen LogP contribution >= 0.6 is 7.60 Å². The summed E-state index contributed by atoms with van der Waals surface area (Å²) in [4.78, 5) is 10.4. The number of H-pyrrole nitrogens is 1. The molecule has 0 radical (unpaired) electrons. The van der Waals surface area contributed by atoms with Crippen LogP contribution in [0.3, 0.4) is 0 Å². The number of hydrogen-bond acceptors (Lipinski definition) is 6. The smallest absolute Gasteiger partial charge is 0.304 e. The minimum Gasteiger partial charge on any atom is -0.304 e. The molecule has 0 saturated carbocycles. The molecule has 1 N–H and O–H groups in total. The van der Waals surface area contributed by atoms with E-state index < -0.39 is 12.5 Å². The lowest BCUT2D eigenvalue weighted by Gasteiger charge is -2.16. The van der Waals surface area contributed by atoms with Gasteiger partial charge in [-0.05, 0) is 19.4 Å². The summed E-state index contributed by atoms with van der Waals surface area (Å²) in [6.45, 7) is 3.81. The van der Waals surface area contributed by atoms with E-state index in [1.165, 1.54) is 18.3 Å². The molecule has 2 rings (SSSR count). The van der Waals surface area contributed by atoms with Crippen molar-refractivity contribution >= 4 is 18.7 Å². The quantitative estimate of drug-likeness (QED) is 0.476. The number of rotatable bonds is 7. The normalized spacial score (nSPS) is 11.5. The number of hydrogen-bond donors (Lipinski definition) is 1. The summed E-state index contributed by atoms with van der Waals surface area (Å²) < 4.78 is 23.4. The summed E-state index contributed by atoms with van der Waals surface area (Å²) >= 11 is 0. The number of aromatic amines is 1. The SMILES string of the molecule is CCOP(=O)(OCC)c1[nH]ncc1-c1cccc([N+](=O)[O-])c1. The first-order valence-corrected chi connectivity index (χ1v) is 8.24. The molecule has 0 amide bonds. The second kappa shape index (κ2) is 6.83. The molecule has 22 heavy (non-hydrogen) atoms. The van der Waals surface area contributed by atoms with Gasteiger partial charge < -0.3 is 9.05 Å². The average molecular weight is 325 g/mol. The third-order valence-corrected chi connectivity index (χ3v) is 4.94. The highest BCUT2D eigenvalue weighted by Crippen LogP contribution is 2.48. The zero-order chi connectivity index (χ0) is 16.2. The van der Waals surface area contributed by atoms with Gasteiger partial charge in [0.2, 0.25) is 0 Å². The molecule has 8 nitrogen and oxygen atoms in total. The van der Waals surface area contributed by atoms with Crippen LogP contribution in [-0.4, -0.2) is 28.3 Å². The van der Waals surface area contributed by atoms with E-state index in [-0.39, 0.29) is 24.3 Å². The molecule has 1 aromatic carbocycles. The Hall–Kier alpha value is -2.02. The van der Waals surface area contributed by atoms with Crippen LogP contribution in [0.2, 0.25) is 0 Å². The third kappa shape index (κ3) is 3.24. The Kier molecular flexibility index (Phi) is 5.07. The highest BCUT2D eigenvalue weighted by atomic mass is 31.2. The fourth-order valence-electron chi connectivity index (χ4n) is 1.99. The van der Waals surface area contributed by atoms with E-state index >= 15 is 0 Å². The van der Waals surface area contributed by atoms with Crippen molar-refractivity contribution in [1.82, 2.24) is 10.2 Å². The van der Waals surface area contributed by atoms with Gasteiger partial charge in [-0.15, -0.1) is 0 Å². The Morgan fingerprint density at radius 3 is 2.59 bits per heavy atom. The van der Waals surface area contributed by atoms with Gasteiger partial charge in [0.25, 0.3) is 5.69 Å². The Balaban J connectivity index is 2.51. The van der Waals surface area contributed by atoms with E-state index in [0.29, 0.717) is 11.1 Å². The molecular weight excluding hydrogens is 309 g/mol. The van der Waals surface area contributed by atoms with Crippen molar-refractivity contribution < 1.29 is 18.5 Å². The minimum absolute atomic E-state index is 0.0627. The number of non-ortho nitro benzene ring substituents is 1. The van der Waals surface area contributed by atoms with E-state index in [1.54, 1.807) is 26.0 Å². The van der Waals surface area contributed by atoms with Gasteiger partial charge in [-0.2, -0.15) is 5.10 Å². The lowest BCUT2D eigenvalue weighted by atomic mass is 10.1. The van der Waals surface area contributed by atoms with Crippen LogP contribution in [0.25, 0.3) is 11.1 Å². The van der Waals surface area contributed by atoms with Crippen LogP contribution < -0.4 is 5.44 Å². The lowest BCUT2D eigenvalue weighted by Crippen LogP contribution is -2.14. The van der Waals surface area contributed by atoms with Gasteiger partial charge in [-0.1, -0.05) is 12.1 Å². The van der Waals surface area contributed by atoms with Crippen molar-refractivity contribution in [2.45, 2.75) is 13.8 Å². The van der Waals surface area contributed by atoms with Crippen molar-refractivity contribution in [2.75, 3.05) is 13.2 Å². The Labute approximate surface area is 127 Å². The van der Waals surface area contributed by atoms with Crippen molar-refractivity contribution in [1.29, 1.82) is 0 Å². The number of nitro groups is 1. The van der Waals surface area contributed by atoms with Crippen LogP contribution in [0.5, 0.6) is 0 Å². The van der Waals surface area contributed by atoms with E-state index in [9.17, 15) is 14.7 Å². The summed E-state index contributed by atoms with van der Waals surface area (Å²) in [6, 6.07) is 5.99. The lowest BCUT2D eigenvalue weighted by molar-refractivity contribution is -0.384. The third-order valence-electron chi connectivity index (χ3n) is 2.86. The number of nitrogens with one attached hydrogen (secondary N) is 1. The molecule has 0 saturated heterocycles. The standard InChI is InChI=1S/C13H16N3O5P/c1-3-20-22(19,21-4-2)13-12(9-14-15-13)10-6-5-7-11(8-10)16(17)18/h5-9H,3-4H2,1-2H3,(H,14,15). The van der Waals surface area contributed by atoms with E-state index in [4.69, 9.17) is 9.05 Å². The molecule has 0 aliphatic rings. The molecule has 1 aromatic heterocycles. The molecule has 0 fully saturated rings. The maximum Gasteiger partial charge on any atom is 0.379 e. The van der Waals surface area contributed by atoms with Crippen molar-refractivity contribution in [3.05, 3.63) is 40.6 Å². The summed E-state index contributed by atoms with van der Waals surface area (Å²) in [5, 5.41) is 17.4. The molecule has 2 aromatic rings. The highest BCUT2D eigenvalue weighted by Gasteiger charge is 2.32. The van der Waals surface area contributed by atoms with E-state index in [0.717, 1.165) is 0 Å². The molecule has 118 valence electrons. The number of aromatic nitrogens is 2. The first-order valence-electron chi connectivity index (χ1n) is 6.69. The average Bonchev–Trinajstić information content (AvgIpc) is 2.98. The largest absolute Gasteiger partial charge is 0.379 e. The molecule has 0 atom stereocenters. The number of benzene rings is 1. The molecule has 1 heterocycles. The van der Waals surface area contributed by atoms with Gasteiger partial charge in [-0.25, -0.2) is 0 Å². The summed E-state index contributed by atoms with van der Waals surface area (Å²) in [5.74, 6) is 0. The van der Waals surface area contributed by atoms with E-state index in [1.807, 2.05) is 0 Å². The first-order chi connectivity index (χ1) is 10.5. The Morgan fingerprint density at radius 1 is 1.32 bits per heavy atom. The topological polar surface area (TPSA) is 107 Å². The maximum atomic E-state index is 12.8. The molecule has 0 spiro atoms. The van der Waals surface area contributed by atoms with Crippen LogP contribution in [0, 0.1) is 10.1 Å². The molecule has 0 bridgehead atoms. The molecule has 0 aliphatic carbocycles. The fraction of sp³-hybridized carbons (Fsp3) is 0.308. The number of nitrogens with zero attached hydrogens (tertiary/aromatic N) is 2. The zero-order valence-corrected chi connectivity index (χ0v) is 13.1. The predicted octanol–water partition coefficient (Wildman–Crippen LogP) is 2.88. The Bertz CT molecular complexity index is 705. The predicted molar refractivity (Wildman–Crippen MR) is 81.2 cm³/mol. The monoisotopic (exact) mass is 325 g/mol. The minimum atomic E-state index is -3.55. The van der Waals surface area contributed by atoms with Gasteiger partial charge in [0.15, 0.2) is 5.44 Å². The second-order valence-electron chi connectivity index (χ2n) is 4.27. The fourth-order valence-corrected chi connectivity index (χ4v) is 3.67. The summed E-state index contributed by atoms with van der Waals surface area (Å²) in [7, 11) is -3.55. The van der Waals surface area contributed by atoms with Gasteiger partial charge in [0, 0.05) is 17.7 Å². The van der Waals surface area contributed by atoms with Gasteiger partial charge in [0.05, 0.1) is 24.3 Å². The van der Waals surface area contributed by atoms with Crippen molar-refractivity contribution in [3.8, 4) is 11.1 Å². The first kappa shape index (κ1) is 16.4. The van der Waals surface area contributed by atoms with Crippen LogP contribution in [0.4, 0.5) is 5.69 Å². The van der Waals surface area contributed by atoms with Gasteiger partial charge in [-0.3, -0.25) is 19.8 Å². The van der Waals surface area contributed by atoms with Crippen LogP contribution in [0.15, 0.2) is 30.5 Å². The van der Waals surface area contributed by atoms with Gasteiger partial charge in [0.1, 0.15) is 0 Å². The summed E-state index contributed by atoms with van der Waals surface area (Å²) in [5.41, 5.74) is 1.09. The number of nitro benzene ring substituents is 1. The molecule has 0 unspecified atom stereocenters. The molecular formula is C13H16N3O5P. The van der Waals surface area contributed by atoms with Crippen molar-refractivity contribution in [3.63, 3.8) is 0 Å². The van der Waals surface area contributed by atoms with Crippen LogP contribution in [-0.2, 0) is 13.6 Å². The van der Waals surface area contributed by atoms with Gasteiger partial charge >= 0.3 is 7.60 Å². The maximum absolute atomic E-state index is 12.8. The molecule has 0 aliphatic heterocycles. The molecule has 9 heteroatoms. The highest BCUT2D eigenvalue weighted by molar-refractivity contribution is 7.62. The second-order valence-corrected chi connectivity index (χ2v) is 6.23. The summed E-state index contributed by atoms with van der Waals surface area (Å²) in [6.07, 6.45) is 1.44.